The van der Waals surface area contributed by atoms with Gasteiger partial charge in [0, 0.05) is 24.3 Å². The van der Waals surface area contributed by atoms with Gasteiger partial charge >= 0.3 is 0 Å². The molecule has 0 saturated carbocycles. The Hall–Kier alpha value is -2.06. The van der Waals surface area contributed by atoms with Crippen molar-refractivity contribution in [2.45, 2.75) is 25.5 Å². The van der Waals surface area contributed by atoms with E-state index in [1.165, 1.54) is 12.1 Å². The van der Waals surface area contributed by atoms with Crippen LogP contribution in [0.1, 0.15) is 12.8 Å². The smallest absolute Gasteiger partial charge is 0.269 e. The van der Waals surface area contributed by atoms with E-state index in [0.29, 0.717) is 17.1 Å². The summed E-state index contributed by atoms with van der Waals surface area (Å²) in [6.07, 6.45) is 2.21. The Morgan fingerprint density at radius 1 is 1.48 bits per heavy atom. The van der Waals surface area contributed by atoms with E-state index in [4.69, 9.17) is 17.0 Å². The fourth-order valence-electron chi connectivity index (χ4n) is 2.43. The van der Waals surface area contributed by atoms with Gasteiger partial charge in [0.05, 0.1) is 17.6 Å². The number of nitro benzene ring substituents is 1. The van der Waals surface area contributed by atoms with Crippen molar-refractivity contribution in [3.63, 3.8) is 0 Å². The van der Waals surface area contributed by atoms with Gasteiger partial charge in [-0.2, -0.15) is 5.10 Å². The van der Waals surface area contributed by atoms with Crippen LogP contribution in [-0.4, -0.2) is 32.4 Å². The first-order chi connectivity index (χ1) is 10.1. The van der Waals surface area contributed by atoms with Crippen molar-refractivity contribution < 1.29 is 9.66 Å². The lowest BCUT2D eigenvalue weighted by atomic mass is 10.2. The van der Waals surface area contributed by atoms with Gasteiger partial charge in [-0.3, -0.25) is 19.8 Å². The number of hydrogen-bond donors (Lipinski definition) is 1. The maximum absolute atomic E-state index is 10.7. The number of nitro groups is 1. The summed E-state index contributed by atoms with van der Waals surface area (Å²) in [5.41, 5.74) is 0.838. The van der Waals surface area contributed by atoms with Crippen molar-refractivity contribution in [3.05, 3.63) is 39.2 Å². The molecule has 7 nitrogen and oxygen atoms in total. The van der Waals surface area contributed by atoms with Gasteiger partial charge in [0.25, 0.3) is 5.69 Å². The zero-order valence-electron chi connectivity index (χ0n) is 11.2. The van der Waals surface area contributed by atoms with Crippen molar-refractivity contribution >= 4 is 17.9 Å². The van der Waals surface area contributed by atoms with Gasteiger partial charge in [0.2, 0.25) is 0 Å². The number of H-pyrrole nitrogens is 1. The molecule has 3 rings (SSSR count). The van der Waals surface area contributed by atoms with Crippen molar-refractivity contribution in [3.8, 4) is 11.4 Å². The van der Waals surface area contributed by atoms with Crippen molar-refractivity contribution in [2.75, 3.05) is 6.61 Å². The van der Waals surface area contributed by atoms with Crippen molar-refractivity contribution in [1.82, 2.24) is 14.8 Å². The first-order valence-corrected chi connectivity index (χ1v) is 7.07. The number of aromatic nitrogens is 3. The van der Waals surface area contributed by atoms with Crippen molar-refractivity contribution in [1.29, 1.82) is 0 Å². The highest BCUT2D eigenvalue weighted by atomic mass is 32.1. The summed E-state index contributed by atoms with van der Waals surface area (Å²) in [7, 11) is 0. The summed E-state index contributed by atoms with van der Waals surface area (Å²) in [6.45, 7) is 1.42. The quantitative estimate of drug-likeness (QED) is 0.533. The van der Waals surface area contributed by atoms with E-state index < -0.39 is 4.92 Å². The summed E-state index contributed by atoms with van der Waals surface area (Å²) in [6, 6.07) is 6.27. The Morgan fingerprint density at radius 3 is 2.86 bits per heavy atom. The maximum atomic E-state index is 10.7. The molecular weight excluding hydrogens is 292 g/mol. The molecule has 1 N–H and O–H groups in total. The van der Waals surface area contributed by atoms with E-state index in [1.807, 2.05) is 4.57 Å². The zero-order valence-corrected chi connectivity index (χ0v) is 12.0. The van der Waals surface area contributed by atoms with Crippen LogP contribution in [0.5, 0.6) is 0 Å². The number of nitrogens with one attached hydrogen (secondary N) is 1. The van der Waals surface area contributed by atoms with Gasteiger partial charge in [-0.1, -0.05) is 0 Å². The molecule has 1 aromatic carbocycles. The predicted octanol–water partition coefficient (Wildman–Crippen LogP) is 2.69. The lowest BCUT2D eigenvalue weighted by molar-refractivity contribution is -0.384. The molecule has 0 bridgehead atoms. The fourth-order valence-corrected chi connectivity index (χ4v) is 2.64. The van der Waals surface area contributed by atoms with Gasteiger partial charge in [0.15, 0.2) is 10.6 Å². The van der Waals surface area contributed by atoms with Crippen LogP contribution in [0.4, 0.5) is 5.69 Å². The summed E-state index contributed by atoms with van der Waals surface area (Å²) in [4.78, 5) is 10.3. The van der Waals surface area contributed by atoms with Crippen LogP contribution < -0.4 is 0 Å². The molecule has 1 aromatic heterocycles. The summed E-state index contributed by atoms with van der Waals surface area (Å²) in [5, 5.41) is 17.7. The van der Waals surface area contributed by atoms with Gasteiger partial charge in [-0.15, -0.1) is 0 Å². The molecule has 2 heterocycles. The molecule has 0 radical (unpaired) electrons. The average Bonchev–Trinajstić information content (AvgIpc) is 3.11. The second-order valence-corrected chi connectivity index (χ2v) is 5.29. The van der Waals surface area contributed by atoms with Crippen LogP contribution in [-0.2, 0) is 11.3 Å². The van der Waals surface area contributed by atoms with Crippen LogP contribution in [0, 0.1) is 14.9 Å². The Morgan fingerprint density at radius 2 is 2.24 bits per heavy atom. The lowest BCUT2D eigenvalue weighted by Gasteiger charge is -2.12. The van der Waals surface area contributed by atoms with Crippen LogP contribution in [0.15, 0.2) is 24.3 Å². The minimum absolute atomic E-state index is 0.0542. The standard InChI is InChI=1S/C13H14N4O3S/c18-17(19)10-5-3-9(4-6-10)12-14-15-13(21)16(12)8-11-2-1-7-20-11/h3-6,11H,1-2,7-8H2,(H,15,21)/t11-/m1/s1. The van der Waals surface area contributed by atoms with E-state index in [0.717, 1.165) is 25.0 Å². The molecule has 0 unspecified atom stereocenters. The largest absolute Gasteiger partial charge is 0.376 e. The van der Waals surface area contributed by atoms with Crippen LogP contribution >= 0.6 is 12.2 Å². The molecule has 2 aromatic rings. The molecule has 0 amide bonds. The topological polar surface area (TPSA) is 86.0 Å². The number of hydrogen-bond acceptors (Lipinski definition) is 5. The highest BCUT2D eigenvalue weighted by Gasteiger charge is 2.19. The van der Waals surface area contributed by atoms with E-state index in [9.17, 15) is 10.1 Å². The number of benzene rings is 1. The Kier molecular flexibility index (Phi) is 3.80. The molecule has 0 spiro atoms. The average molecular weight is 306 g/mol. The van der Waals surface area contributed by atoms with Gasteiger partial charge in [0.1, 0.15) is 0 Å². The third-order valence-corrected chi connectivity index (χ3v) is 3.82. The minimum atomic E-state index is -0.423. The molecule has 8 heteroatoms. The number of non-ortho nitro benzene ring substituents is 1. The molecule has 110 valence electrons. The van der Waals surface area contributed by atoms with E-state index in [-0.39, 0.29) is 11.8 Å². The summed E-state index contributed by atoms with van der Waals surface area (Å²) < 4.78 is 8.03. The number of aromatic amines is 1. The highest BCUT2D eigenvalue weighted by molar-refractivity contribution is 7.71. The van der Waals surface area contributed by atoms with Crippen molar-refractivity contribution in [2.24, 2.45) is 0 Å². The number of nitrogens with zero attached hydrogens (tertiary/aromatic N) is 3. The molecule has 21 heavy (non-hydrogen) atoms. The minimum Gasteiger partial charge on any atom is -0.376 e. The maximum Gasteiger partial charge on any atom is 0.269 e. The molecule has 0 aliphatic carbocycles. The van der Waals surface area contributed by atoms with Gasteiger partial charge in [-0.05, 0) is 37.2 Å². The fraction of sp³-hybridized carbons (Fsp3) is 0.385. The number of rotatable bonds is 4. The van der Waals surface area contributed by atoms with Crippen LogP contribution in [0.2, 0.25) is 0 Å². The first-order valence-electron chi connectivity index (χ1n) is 6.67. The SMILES string of the molecule is O=[N+]([O-])c1ccc(-c2n[nH]c(=S)n2C[C@H]2CCCO2)cc1. The van der Waals surface area contributed by atoms with E-state index in [1.54, 1.807) is 12.1 Å². The zero-order chi connectivity index (χ0) is 14.8. The van der Waals surface area contributed by atoms with Crippen LogP contribution in [0.25, 0.3) is 11.4 Å². The van der Waals surface area contributed by atoms with E-state index >= 15 is 0 Å². The molecule has 1 saturated heterocycles. The normalized spacial score (nSPS) is 18.0. The predicted molar refractivity (Wildman–Crippen MR) is 78.5 cm³/mol. The monoisotopic (exact) mass is 306 g/mol. The third-order valence-electron chi connectivity index (χ3n) is 3.50. The molecule has 1 atom stereocenters. The number of ether oxygens (including phenoxy) is 1. The molecule has 1 aliphatic rings. The molecule has 1 fully saturated rings. The third kappa shape index (κ3) is 2.86. The molecule has 1 aliphatic heterocycles. The highest BCUT2D eigenvalue weighted by Crippen LogP contribution is 2.23. The lowest BCUT2D eigenvalue weighted by Crippen LogP contribution is -2.16. The van der Waals surface area contributed by atoms with Crippen LogP contribution in [0.3, 0.4) is 0 Å². The van der Waals surface area contributed by atoms with E-state index in [2.05, 4.69) is 10.2 Å². The Bertz CT molecular complexity index is 701. The Labute approximate surface area is 125 Å². The second kappa shape index (κ2) is 5.74. The molecular formula is C13H14N4O3S. The first kappa shape index (κ1) is 13.9. The van der Waals surface area contributed by atoms with Gasteiger partial charge < -0.3 is 4.74 Å². The summed E-state index contributed by atoms with van der Waals surface area (Å²) in [5.74, 6) is 0.672. The second-order valence-electron chi connectivity index (χ2n) is 4.90. The Balaban J connectivity index is 1.91. The summed E-state index contributed by atoms with van der Waals surface area (Å²) >= 11 is 5.26. The van der Waals surface area contributed by atoms with Gasteiger partial charge in [-0.25, -0.2) is 0 Å².